The molecule has 0 bridgehead atoms. The minimum Gasteiger partial charge on any atom is -0.504 e. The van der Waals surface area contributed by atoms with Crippen LogP contribution < -0.4 is 0 Å². The Balaban J connectivity index is 0.000000845. The van der Waals surface area contributed by atoms with Crippen molar-refractivity contribution in [3.63, 3.8) is 0 Å². The summed E-state index contributed by atoms with van der Waals surface area (Å²) in [6.07, 6.45) is 2.85. The van der Waals surface area contributed by atoms with Crippen LogP contribution in [0.3, 0.4) is 0 Å². The molecule has 13 heavy (non-hydrogen) atoms. The van der Waals surface area contributed by atoms with Gasteiger partial charge in [0.25, 0.3) is 0 Å². The molecule has 0 amide bonds. The van der Waals surface area contributed by atoms with Crippen molar-refractivity contribution >= 4 is 0 Å². The van der Waals surface area contributed by atoms with Gasteiger partial charge in [0.1, 0.15) is 12.5 Å². The lowest BCUT2D eigenvalue weighted by Crippen LogP contribution is -1.71. The molecular formula is C11H12O2. The minimum absolute atomic E-state index is 0. The molecule has 2 heteroatoms. The zero-order chi connectivity index (χ0) is 8.39. The van der Waals surface area contributed by atoms with Crippen LogP contribution in [0.15, 0.2) is 47.3 Å². The quantitative estimate of drug-likeness (QED) is 0.723. The summed E-state index contributed by atoms with van der Waals surface area (Å²) in [5, 5.41) is 9.31. The molecule has 0 aliphatic rings. The monoisotopic (exact) mass is 176 g/mol. The molecule has 0 saturated carbocycles. The first kappa shape index (κ1) is 9.39. The molecule has 0 radical (unpaired) electrons. The van der Waals surface area contributed by atoms with Gasteiger partial charge in [0.2, 0.25) is 0 Å². The highest BCUT2D eigenvalue weighted by Crippen LogP contribution is 2.29. The van der Waals surface area contributed by atoms with Crippen LogP contribution in [0.5, 0.6) is 5.75 Å². The molecule has 68 valence electrons. The number of aromatic hydroxyl groups is 1. The Morgan fingerprint density at radius 2 is 1.69 bits per heavy atom. The van der Waals surface area contributed by atoms with Gasteiger partial charge >= 0.3 is 0 Å². The summed E-state index contributed by atoms with van der Waals surface area (Å²) in [5.41, 5.74) is 1.69. The van der Waals surface area contributed by atoms with E-state index in [0.717, 1.165) is 11.1 Å². The van der Waals surface area contributed by atoms with E-state index in [9.17, 15) is 5.11 Å². The normalized spacial score (nSPS) is 9.23. The van der Waals surface area contributed by atoms with E-state index in [1.54, 1.807) is 0 Å². The topological polar surface area (TPSA) is 33.4 Å². The van der Waals surface area contributed by atoms with E-state index in [1.165, 1.54) is 12.5 Å². The summed E-state index contributed by atoms with van der Waals surface area (Å²) in [6, 6.07) is 9.61. The Labute approximate surface area is 77.4 Å². The smallest absolute Gasteiger partial charge is 0.161 e. The molecule has 2 rings (SSSR count). The Hall–Kier alpha value is -1.70. The largest absolute Gasteiger partial charge is 0.504 e. The maximum Gasteiger partial charge on any atom is 0.161 e. The van der Waals surface area contributed by atoms with Crippen LogP contribution in [0.25, 0.3) is 11.1 Å². The van der Waals surface area contributed by atoms with E-state index in [1.807, 2.05) is 30.3 Å². The number of benzene rings is 1. The van der Waals surface area contributed by atoms with Crippen LogP contribution in [-0.4, -0.2) is 5.11 Å². The second-order valence-corrected chi connectivity index (χ2v) is 2.54. The Bertz CT molecular complexity index is 363. The molecule has 0 spiro atoms. The molecule has 0 aliphatic carbocycles. The number of rotatable bonds is 1. The lowest BCUT2D eigenvalue weighted by Gasteiger charge is -1.95. The van der Waals surface area contributed by atoms with Crippen LogP contribution in [0.2, 0.25) is 0 Å². The predicted octanol–water partition coefficient (Wildman–Crippen LogP) is 3.29. The molecule has 0 saturated heterocycles. The standard InChI is InChI=1S/C10H8O2.CH4/c11-10-7-12-6-9(10)8-4-2-1-3-5-8;/h1-7,11H;1H4. The second kappa shape index (κ2) is 3.81. The van der Waals surface area contributed by atoms with Crippen molar-refractivity contribution in [2.24, 2.45) is 0 Å². The first-order valence-electron chi connectivity index (χ1n) is 3.68. The first-order chi connectivity index (χ1) is 5.88. The summed E-state index contributed by atoms with van der Waals surface area (Å²) < 4.78 is 4.85. The van der Waals surface area contributed by atoms with Crippen LogP contribution >= 0.6 is 0 Å². The van der Waals surface area contributed by atoms with Crippen molar-refractivity contribution in [1.29, 1.82) is 0 Å². The first-order valence-corrected chi connectivity index (χ1v) is 3.68. The van der Waals surface area contributed by atoms with E-state index in [4.69, 9.17) is 4.42 Å². The van der Waals surface area contributed by atoms with Crippen molar-refractivity contribution < 1.29 is 9.52 Å². The van der Waals surface area contributed by atoms with E-state index in [0.29, 0.717) is 0 Å². The van der Waals surface area contributed by atoms with Gasteiger partial charge in [0.15, 0.2) is 5.75 Å². The highest BCUT2D eigenvalue weighted by atomic mass is 16.3. The molecule has 2 nitrogen and oxygen atoms in total. The average molecular weight is 176 g/mol. The highest BCUT2D eigenvalue weighted by molar-refractivity contribution is 5.68. The van der Waals surface area contributed by atoms with E-state index in [-0.39, 0.29) is 13.2 Å². The fourth-order valence-corrected chi connectivity index (χ4v) is 1.12. The minimum atomic E-state index is 0. The van der Waals surface area contributed by atoms with Gasteiger partial charge in [-0.3, -0.25) is 0 Å². The third-order valence-corrected chi connectivity index (χ3v) is 1.73. The summed E-state index contributed by atoms with van der Waals surface area (Å²) in [5.74, 6) is 0.182. The highest BCUT2D eigenvalue weighted by Gasteiger charge is 2.04. The van der Waals surface area contributed by atoms with Crippen LogP contribution in [0, 0.1) is 0 Å². The Kier molecular flexibility index (Phi) is 2.75. The molecule has 0 atom stereocenters. The molecule has 1 N–H and O–H groups in total. The van der Waals surface area contributed by atoms with Gasteiger partial charge in [-0.25, -0.2) is 0 Å². The zero-order valence-corrected chi connectivity index (χ0v) is 6.40. The molecule has 1 aromatic heterocycles. The number of furan rings is 1. The Morgan fingerprint density at radius 3 is 2.23 bits per heavy atom. The molecule has 0 unspecified atom stereocenters. The molecule has 2 aromatic rings. The molecule has 0 aliphatic heterocycles. The number of hydrogen-bond acceptors (Lipinski definition) is 2. The summed E-state index contributed by atoms with van der Waals surface area (Å²) >= 11 is 0. The molecule has 0 fully saturated rings. The SMILES string of the molecule is C.Oc1cocc1-c1ccccc1. The van der Waals surface area contributed by atoms with Gasteiger partial charge in [0.05, 0.1) is 5.56 Å². The summed E-state index contributed by atoms with van der Waals surface area (Å²) in [7, 11) is 0. The summed E-state index contributed by atoms with van der Waals surface area (Å²) in [6.45, 7) is 0. The predicted molar refractivity (Wildman–Crippen MR) is 52.5 cm³/mol. The maximum atomic E-state index is 9.31. The average Bonchev–Trinajstić information content (AvgIpc) is 2.53. The van der Waals surface area contributed by atoms with Crippen molar-refractivity contribution in [3.8, 4) is 16.9 Å². The van der Waals surface area contributed by atoms with Gasteiger partial charge in [-0.15, -0.1) is 0 Å². The lowest BCUT2D eigenvalue weighted by atomic mass is 10.1. The van der Waals surface area contributed by atoms with Crippen LogP contribution in [-0.2, 0) is 0 Å². The fraction of sp³-hybridized carbons (Fsp3) is 0.0909. The van der Waals surface area contributed by atoms with Crippen molar-refractivity contribution in [2.75, 3.05) is 0 Å². The third-order valence-electron chi connectivity index (χ3n) is 1.73. The van der Waals surface area contributed by atoms with Crippen molar-refractivity contribution in [3.05, 3.63) is 42.9 Å². The van der Waals surface area contributed by atoms with Gasteiger partial charge in [-0.1, -0.05) is 37.8 Å². The lowest BCUT2D eigenvalue weighted by molar-refractivity contribution is 0.459. The van der Waals surface area contributed by atoms with Gasteiger partial charge in [0, 0.05) is 0 Å². The van der Waals surface area contributed by atoms with Gasteiger partial charge in [-0.05, 0) is 5.56 Å². The van der Waals surface area contributed by atoms with Crippen molar-refractivity contribution in [1.82, 2.24) is 0 Å². The van der Waals surface area contributed by atoms with E-state index < -0.39 is 0 Å². The molecular weight excluding hydrogens is 164 g/mol. The van der Waals surface area contributed by atoms with E-state index >= 15 is 0 Å². The van der Waals surface area contributed by atoms with Gasteiger partial charge in [-0.2, -0.15) is 0 Å². The fourth-order valence-electron chi connectivity index (χ4n) is 1.12. The van der Waals surface area contributed by atoms with Gasteiger partial charge < -0.3 is 9.52 Å². The summed E-state index contributed by atoms with van der Waals surface area (Å²) in [4.78, 5) is 0. The second-order valence-electron chi connectivity index (χ2n) is 2.54. The number of hydrogen-bond donors (Lipinski definition) is 1. The maximum absolute atomic E-state index is 9.31. The van der Waals surface area contributed by atoms with Crippen molar-refractivity contribution in [2.45, 2.75) is 7.43 Å². The molecule has 1 aromatic carbocycles. The van der Waals surface area contributed by atoms with Crippen LogP contribution in [0.1, 0.15) is 7.43 Å². The van der Waals surface area contributed by atoms with Crippen LogP contribution in [0.4, 0.5) is 0 Å². The Morgan fingerprint density at radius 1 is 1.00 bits per heavy atom. The zero-order valence-electron chi connectivity index (χ0n) is 6.40. The molecule has 1 heterocycles. The third kappa shape index (κ3) is 1.72. The van der Waals surface area contributed by atoms with E-state index in [2.05, 4.69) is 0 Å².